The van der Waals surface area contributed by atoms with E-state index in [0.29, 0.717) is 12.2 Å². The van der Waals surface area contributed by atoms with Crippen LogP contribution in [0, 0.1) is 11.8 Å². The van der Waals surface area contributed by atoms with E-state index in [2.05, 4.69) is 12.2 Å². The fourth-order valence-electron chi connectivity index (χ4n) is 3.98. The van der Waals surface area contributed by atoms with Crippen LogP contribution < -0.4 is 4.74 Å². The Bertz CT molecular complexity index is 731. The zero-order chi connectivity index (χ0) is 23.4. The maximum atomic E-state index is 14.3. The summed E-state index contributed by atoms with van der Waals surface area (Å²) in [6.07, 6.45) is 11.1. The highest BCUT2D eigenvalue weighted by molar-refractivity contribution is 5.69. The average Bonchev–Trinajstić information content (AvgIpc) is 3.15. The molecule has 0 aromatic heterocycles. The molecule has 0 spiro atoms. The second kappa shape index (κ2) is 13.4. The zero-order valence-electron chi connectivity index (χ0n) is 19.3. The fourth-order valence-corrected chi connectivity index (χ4v) is 3.98. The smallest absolute Gasteiger partial charge is 0.306 e. The lowest BCUT2D eigenvalue weighted by Gasteiger charge is -2.21. The molecule has 0 amide bonds. The van der Waals surface area contributed by atoms with Crippen LogP contribution in [0.5, 0.6) is 5.75 Å². The molecule has 1 fully saturated rings. The molecule has 0 heterocycles. The van der Waals surface area contributed by atoms with Crippen molar-refractivity contribution in [2.24, 2.45) is 11.8 Å². The van der Waals surface area contributed by atoms with Gasteiger partial charge in [-0.25, -0.2) is 0 Å². The highest BCUT2D eigenvalue weighted by atomic mass is 19.3. The molecule has 32 heavy (non-hydrogen) atoms. The zero-order valence-corrected chi connectivity index (χ0v) is 19.3. The molecule has 2 rings (SSSR count). The minimum Gasteiger partial charge on any atom is -0.487 e. The van der Waals surface area contributed by atoms with Crippen molar-refractivity contribution in [2.45, 2.75) is 70.5 Å². The number of alkyl halides is 2. The average molecular weight is 451 g/mol. The van der Waals surface area contributed by atoms with Crippen LogP contribution in [-0.4, -0.2) is 37.8 Å². The van der Waals surface area contributed by atoms with Gasteiger partial charge in [-0.15, -0.1) is 0 Å². The van der Waals surface area contributed by atoms with Gasteiger partial charge in [-0.1, -0.05) is 36.4 Å². The number of ether oxygens (including phenoxy) is 3. The molecule has 178 valence electrons. The van der Waals surface area contributed by atoms with Crippen molar-refractivity contribution in [2.75, 3.05) is 13.7 Å². The molecule has 4 nitrogen and oxygen atoms in total. The Morgan fingerprint density at radius 2 is 1.94 bits per heavy atom. The van der Waals surface area contributed by atoms with Crippen molar-refractivity contribution in [1.29, 1.82) is 0 Å². The van der Waals surface area contributed by atoms with Gasteiger partial charge in [0.2, 0.25) is 0 Å². The number of carbonyl (C=O) groups is 1. The molecule has 0 radical (unpaired) electrons. The van der Waals surface area contributed by atoms with Gasteiger partial charge in [0.05, 0.1) is 12.2 Å². The Hall–Kier alpha value is -2.21. The maximum Gasteiger partial charge on any atom is 0.306 e. The van der Waals surface area contributed by atoms with Gasteiger partial charge in [0.25, 0.3) is 5.92 Å². The van der Waals surface area contributed by atoms with Gasteiger partial charge in [0.1, 0.15) is 5.75 Å². The molecule has 0 N–H and O–H groups in total. The molecular formula is C26H36F2O4. The third-order valence-corrected chi connectivity index (χ3v) is 5.57. The first-order chi connectivity index (χ1) is 15.3. The number of esters is 1. The van der Waals surface area contributed by atoms with E-state index in [4.69, 9.17) is 14.2 Å². The van der Waals surface area contributed by atoms with Gasteiger partial charge in [0, 0.05) is 13.5 Å². The molecular weight excluding hydrogens is 414 g/mol. The lowest BCUT2D eigenvalue weighted by Crippen LogP contribution is -2.24. The summed E-state index contributed by atoms with van der Waals surface area (Å²) in [6, 6.07) is 8.64. The molecule has 1 saturated carbocycles. The molecule has 0 aliphatic heterocycles. The monoisotopic (exact) mass is 450 g/mol. The van der Waals surface area contributed by atoms with Crippen LogP contribution in [0.4, 0.5) is 8.78 Å². The Balaban J connectivity index is 1.81. The van der Waals surface area contributed by atoms with E-state index in [1.807, 2.05) is 19.9 Å². The minimum absolute atomic E-state index is 0.0354. The quantitative estimate of drug-likeness (QED) is 0.199. The van der Waals surface area contributed by atoms with Crippen molar-refractivity contribution in [3.63, 3.8) is 0 Å². The van der Waals surface area contributed by atoms with Gasteiger partial charge in [-0.2, -0.15) is 8.78 Å². The van der Waals surface area contributed by atoms with Crippen LogP contribution in [-0.2, 0) is 14.3 Å². The summed E-state index contributed by atoms with van der Waals surface area (Å²) in [5, 5.41) is 0. The summed E-state index contributed by atoms with van der Waals surface area (Å²) >= 11 is 0. The third kappa shape index (κ3) is 9.51. The van der Waals surface area contributed by atoms with E-state index in [0.717, 1.165) is 38.2 Å². The number of halogens is 2. The highest BCUT2D eigenvalue weighted by Crippen LogP contribution is 2.38. The second-order valence-corrected chi connectivity index (χ2v) is 8.54. The van der Waals surface area contributed by atoms with Crippen molar-refractivity contribution in [3.05, 3.63) is 54.6 Å². The van der Waals surface area contributed by atoms with Gasteiger partial charge in [-0.05, 0) is 76.0 Å². The Morgan fingerprint density at radius 3 is 2.62 bits per heavy atom. The van der Waals surface area contributed by atoms with E-state index in [1.54, 1.807) is 37.5 Å². The summed E-state index contributed by atoms with van der Waals surface area (Å²) in [7, 11) is 1.68. The van der Waals surface area contributed by atoms with Crippen molar-refractivity contribution in [3.8, 4) is 5.75 Å². The van der Waals surface area contributed by atoms with Crippen LogP contribution in [0.2, 0.25) is 0 Å². The fraction of sp³-hybridized carbons (Fsp3) is 0.577. The number of allylic oxidation sites excluding steroid dienone is 3. The Morgan fingerprint density at radius 1 is 1.19 bits per heavy atom. The summed E-state index contributed by atoms with van der Waals surface area (Å²) in [5.74, 6) is -2.59. The Kier molecular flexibility index (Phi) is 10.9. The van der Waals surface area contributed by atoms with Crippen molar-refractivity contribution >= 4 is 5.97 Å². The lowest BCUT2D eigenvalue weighted by molar-refractivity contribution is -0.147. The maximum absolute atomic E-state index is 14.3. The molecule has 0 saturated heterocycles. The number of hydrogen-bond acceptors (Lipinski definition) is 4. The van der Waals surface area contributed by atoms with E-state index >= 15 is 0 Å². The molecule has 1 aliphatic rings. The largest absolute Gasteiger partial charge is 0.487 e. The first-order valence-corrected chi connectivity index (χ1v) is 11.4. The van der Waals surface area contributed by atoms with Crippen LogP contribution in [0.1, 0.15) is 52.4 Å². The van der Waals surface area contributed by atoms with E-state index < -0.39 is 12.5 Å². The van der Waals surface area contributed by atoms with Crippen molar-refractivity contribution in [1.82, 2.24) is 0 Å². The van der Waals surface area contributed by atoms with E-state index in [-0.39, 0.29) is 30.0 Å². The van der Waals surface area contributed by atoms with Gasteiger partial charge in [-0.3, -0.25) is 4.79 Å². The number of hydrogen-bond donors (Lipinski definition) is 0. The number of unbranched alkanes of at least 4 members (excludes halogenated alkanes) is 1. The van der Waals surface area contributed by atoms with Crippen molar-refractivity contribution < 1.29 is 27.8 Å². The molecule has 1 aromatic carbocycles. The predicted octanol–water partition coefficient (Wildman–Crippen LogP) is 6.37. The molecule has 1 aliphatic carbocycles. The molecule has 1 unspecified atom stereocenters. The van der Waals surface area contributed by atoms with Crippen LogP contribution in [0.15, 0.2) is 54.6 Å². The van der Waals surface area contributed by atoms with Gasteiger partial charge < -0.3 is 14.2 Å². The first kappa shape index (κ1) is 26.0. The minimum atomic E-state index is -3.04. The SMILES string of the molecule is CO[C@H]1CCC(/C=C/C(F)(F)COc2ccccc2)[C@H]1C/C=C\CCCC(=O)OC(C)C. The number of benzene rings is 1. The van der Waals surface area contributed by atoms with Crippen LogP contribution >= 0.6 is 0 Å². The first-order valence-electron chi connectivity index (χ1n) is 11.4. The summed E-state index contributed by atoms with van der Waals surface area (Å²) in [4.78, 5) is 11.6. The third-order valence-electron chi connectivity index (χ3n) is 5.57. The van der Waals surface area contributed by atoms with Crippen LogP contribution in [0.25, 0.3) is 0 Å². The van der Waals surface area contributed by atoms with E-state index in [1.165, 1.54) is 0 Å². The molecule has 1 aromatic rings. The van der Waals surface area contributed by atoms with E-state index in [9.17, 15) is 13.6 Å². The Labute approximate surface area is 190 Å². The number of para-hydroxylation sites is 1. The topological polar surface area (TPSA) is 44.8 Å². The lowest BCUT2D eigenvalue weighted by atomic mass is 9.90. The number of rotatable bonds is 13. The molecule has 3 atom stereocenters. The van der Waals surface area contributed by atoms with Gasteiger partial charge in [0.15, 0.2) is 6.61 Å². The molecule has 6 heteroatoms. The summed E-state index contributed by atoms with van der Waals surface area (Å²) < 4.78 is 44.6. The predicted molar refractivity (Wildman–Crippen MR) is 122 cm³/mol. The molecule has 0 bridgehead atoms. The standard InChI is InChI=1S/C26H36F2O4/c1-20(2)32-25(29)14-10-5-4-9-13-23-21(15-16-24(23)30-3)17-18-26(27,28)19-31-22-11-7-6-8-12-22/h4,6-9,11-12,17-18,20-21,23-24H,5,10,13-16,19H2,1-3H3/b9-4-,18-17+/t21?,23-,24+/m1/s1. The highest BCUT2D eigenvalue weighted by Gasteiger charge is 2.35. The summed E-state index contributed by atoms with van der Waals surface area (Å²) in [5.41, 5.74) is 0. The number of carbonyl (C=O) groups excluding carboxylic acids is 1. The normalized spacial score (nSPS) is 21.6. The number of methoxy groups -OCH3 is 1. The summed E-state index contributed by atoms with van der Waals surface area (Å²) in [6.45, 7) is 2.99. The van der Waals surface area contributed by atoms with Gasteiger partial charge >= 0.3 is 5.97 Å². The second-order valence-electron chi connectivity index (χ2n) is 8.54. The van der Waals surface area contributed by atoms with Crippen LogP contribution in [0.3, 0.4) is 0 Å².